The zero-order valence-corrected chi connectivity index (χ0v) is 18.0. The average molecular weight is 395 g/mol. The van der Waals surface area contributed by atoms with Gasteiger partial charge >= 0.3 is 5.97 Å². The minimum Gasteiger partial charge on any atom is -0.462 e. The Bertz CT molecular complexity index is 805. The Balaban J connectivity index is 2.08. The van der Waals surface area contributed by atoms with Gasteiger partial charge < -0.3 is 9.84 Å². The summed E-state index contributed by atoms with van der Waals surface area (Å²) in [5, 5.41) is 9.43. The number of unbranched alkanes of at least 4 members (excludes halogenated alkanes) is 1. The Kier molecular flexibility index (Phi) is 9.14. The van der Waals surface area contributed by atoms with E-state index in [0.717, 1.165) is 12.0 Å². The van der Waals surface area contributed by atoms with Crippen molar-refractivity contribution in [1.29, 1.82) is 0 Å². The molecule has 1 atom stereocenters. The van der Waals surface area contributed by atoms with Crippen molar-refractivity contribution in [3.63, 3.8) is 0 Å². The van der Waals surface area contributed by atoms with Gasteiger partial charge in [0.15, 0.2) is 0 Å². The van der Waals surface area contributed by atoms with E-state index in [0.29, 0.717) is 25.0 Å². The molecule has 0 aliphatic heterocycles. The van der Waals surface area contributed by atoms with Crippen LogP contribution in [-0.2, 0) is 16.0 Å². The lowest BCUT2D eigenvalue weighted by atomic mass is 9.90. The van der Waals surface area contributed by atoms with Crippen molar-refractivity contribution in [2.24, 2.45) is 0 Å². The first-order chi connectivity index (χ1) is 14.0. The van der Waals surface area contributed by atoms with Crippen LogP contribution in [0.25, 0.3) is 11.1 Å². The van der Waals surface area contributed by atoms with Crippen LogP contribution in [0, 0.1) is 6.92 Å². The smallest absolute Gasteiger partial charge is 0.333 e. The highest BCUT2D eigenvalue weighted by Crippen LogP contribution is 2.29. The summed E-state index contributed by atoms with van der Waals surface area (Å²) in [6.45, 7) is 10.1. The van der Waals surface area contributed by atoms with Crippen molar-refractivity contribution >= 4 is 5.97 Å². The van der Waals surface area contributed by atoms with E-state index in [2.05, 4.69) is 62.9 Å². The number of esters is 1. The van der Waals surface area contributed by atoms with E-state index in [1.807, 2.05) is 0 Å². The molecule has 2 rings (SSSR count). The first kappa shape index (κ1) is 22.9. The van der Waals surface area contributed by atoms with Gasteiger partial charge in [0.2, 0.25) is 0 Å². The maximum Gasteiger partial charge on any atom is 0.333 e. The van der Waals surface area contributed by atoms with Crippen molar-refractivity contribution in [2.45, 2.75) is 58.8 Å². The van der Waals surface area contributed by atoms with E-state index in [1.54, 1.807) is 6.92 Å². The van der Waals surface area contributed by atoms with Gasteiger partial charge in [0, 0.05) is 12.2 Å². The highest BCUT2D eigenvalue weighted by molar-refractivity contribution is 5.86. The minimum atomic E-state index is -0.360. The van der Waals surface area contributed by atoms with Gasteiger partial charge in [-0.3, -0.25) is 0 Å². The van der Waals surface area contributed by atoms with Gasteiger partial charge in [-0.15, -0.1) is 0 Å². The summed E-state index contributed by atoms with van der Waals surface area (Å²) >= 11 is 0. The monoisotopic (exact) mass is 394 g/mol. The molecule has 0 spiro atoms. The second-order valence-corrected chi connectivity index (χ2v) is 7.79. The molecular formula is C26H34O3. The summed E-state index contributed by atoms with van der Waals surface area (Å²) in [5.74, 6) is -0.203. The van der Waals surface area contributed by atoms with Gasteiger partial charge in [0.1, 0.15) is 0 Å². The van der Waals surface area contributed by atoms with Crippen molar-refractivity contribution in [1.82, 2.24) is 0 Å². The number of rotatable bonds is 11. The van der Waals surface area contributed by atoms with E-state index in [1.165, 1.54) is 35.1 Å². The molecule has 156 valence electrons. The summed E-state index contributed by atoms with van der Waals surface area (Å²) < 4.78 is 5.23. The van der Waals surface area contributed by atoms with Crippen LogP contribution < -0.4 is 0 Å². The second-order valence-electron chi connectivity index (χ2n) is 7.79. The van der Waals surface area contributed by atoms with Crippen LogP contribution >= 0.6 is 0 Å². The fourth-order valence-corrected chi connectivity index (χ4v) is 3.57. The molecule has 2 aromatic rings. The van der Waals surface area contributed by atoms with Gasteiger partial charge in [-0.1, -0.05) is 62.4 Å². The Morgan fingerprint density at radius 1 is 1.14 bits per heavy atom. The zero-order valence-electron chi connectivity index (χ0n) is 18.0. The summed E-state index contributed by atoms with van der Waals surface area (Å²) in [6, 6.07) is 15.3. The van der Waals surface area contributed by atoms with Crippen LogP contribution in [0.4, 0.5) is 0 Å². The van der Waals surface area contributed by atoms with Crippen LogP contribution in [0.1, 0.15) is 62.1 Å². The summed E-state index contributed by atoms with van der Waals surface area (Å²) in [5.41, 5.74) is 6.72. The third-order valence-corrected chi connectivity index (χ3v) is 5.33. The van der Waals surface area contributed by atoms with Gasteiger partial charge in [-0.25, -0.2) is 4.79 Å². The lowest BCUT2D eigenvalue weighted by Crippen LogP contribution is -2.10. The molecule has 0 saturated carbocycles. The number of benzene rings is 2. The topological polar surface area (TPSA) is 46.5 Å². The number of aliphatic hydroxyl groups excluding tert-OH is 1. The quantitative estimate of drug-likeness (QED) is 0.377. The van der Waals surface area contributed by atoms with E-state index >= 15 is 0 Å². The van der Waals surface area contributed by atoms with Gasteiger partial charge in [-0.2, -0.15) is 0 Å². The molecule has 29 heavy (non-hydrogen) atoms. The molecule has 1 unspecified atom stereocenters. The largest absolute Gasteiger partial charge is 0.462 e. The Labute approximate surface area is 175 Å². The Hall–Kier alpha value is -2.39. The van der Waals surface area contributed by atoms with Crippen LogP contribution in [0.2, 0.25) is 0 Å². The Morgan fingerprint density at radius 2 is 1.86 bits per heavy atom. The molecule has 0 aromatic heterocycles. The van der Waals surface area contributed by atoms with Gasteiger partial charge in [-0.05, 0) is 73.3 Å². The molecular weight excluding hydrogens is 360 g/mol. The van der Waals surface area contributed by atoms with Crippen LogP contribution in [0.15, 0.2) is 54.6 Å². The molecule has 0 radical (unpaired) electrons. The first-order valence-corrected chi connectivity index (χ1v) is 10.6. The fraction of sp³-hybridized carbons (Fsp3) is 0.423. The van der Waals surface area contributed by atoms with Crippen LogP contribution in [0.5, 0.6) is 0 Å². The van der Waals surface area contributed by atoms with Crippen molar-refractivity contribution in [2.75, 3.05) is 13.2 Å². The van der Waals surface area contributed by atoms with E-state index in [4.69, 9.17) is 4.74 Å². The molecule has 2 aromatic carbocycles. The first-order valence-electron chi connectivity index (χ1n) is 10.6. The summed E-state index contributed by atoms with van der Waals surface area (Å²) in [6.07, 6.45) is 4.90. The summed E-state index contributed by atoms with van der Waals surface area (Å²) in [4.78, 5) is 11.6. The maximum atomic E-state index is 11.6. The SMILES string of the molecule is C=C(C)C(=O)OCCC(CCO)c1ccc(-c2ccc(CCCC)cc2C)cc1. The normalized spacial score (nSPS) is 11.9. The molecule has 0 aliphatic carbocycles. The standard InChI is InChI=1S/C26H34O3/c1-5-6-7-21-8-13-25(20(4)18-21)24-11-9-22(10-12-24)23(14-16-27)15-17-29-26(28)19(2)3/h8-13,18,23,27H,2,5-7,14-17H2,1,3-4H3. The van der Waals surface area contributed by atoms with Crippen molar-refractivity contribution in [3.8, 4) is 11.1 Å². The number of aryl methyl sites for hydroxylation is 2. The average Bonchev–Trinajstić information content (AvgIpc) is 2.71. The van der Waals surface area contributed by atoms with Crippen LogP contribution in [-0.4, -0.2) is 24.3 Å². The third-order valence-electron chi connectivity index (χ3n) is 5.33. The highest BCUT2D eigenvalue weighted by atomic mass is 16.5. The maximum absolute atomic E-state index is 11.6. The lowest BCUT2D eigenvalue weighted by molar-refractivity contribution is -0.139. The predicted molar refractivity (Wildman–Crippen MR) is 120 cm³/mol. The second kappa shape index (κ2) is 11.6. The number of ether oxygens (including phenoxy) is 1. The Morgan fingerprint density at radius 3 is 2.45 bits per heavy atom. The highest BCUT2D eigenvalue weighted by Gasteiger charge is 2.13. The number of hydrogen-bond donors (Lipinski definition) is 1. The molecule has 0 saturated heterocycles. The molecule has 3 heteroatoms. The number of carbonyl (C=O) groups is 1. The summed E-state index contributed by atoms with van der Waals surface area (Å²) in [7, 11) is 0. The zero-order chi connectivity index (χ0) is 21.2. The molecule has 1 N–H and O–H groups in total. The number of hydrogen-bond acceptors (Lipinski definition) is 3. The van der Waals surface area contributed by atoms with E-state index < -0.39 is 0 Å². The molecule has 0 bridgehead atoms. The fourth-order valence-electron chi connectivity index (χ4n) is 3.57. The van der Waals surface area contributed by atoms with Gasteiger partial charge in [0.05, 0.1) is 6.61 Å². The molecule has 0 aliphatic rings. The number of aliphatic hydroxyl groups is 1. The van der Waals surface area contributed by atoms with Crippen molar-refractivity contribution < 1.29 is 14.6 Å². The van der Waals surface area contributed by atoms with Crippen molar-refractivity contribution in [3.05, 3.63) is 71.3 Å². The number of carbonyl (C=O) groups excluding carboxylic acids is 1. The molecule has 0 amide bonds. The van der Waals surface area contributed by atoms with Gasteiger partial charge in [0.25, 0.3) is 0 Å². The van der Waals surface area contributed by atoms with E-state index in [9.17, 15) is 9.90 Å². The molecule has 3 nitrogen and oxygen atoms in total. The molecule has 0 heterocycles. The van der Waals surface area contributed by atoms with Crippen LogP contribution in [0.3, 0.4) is 0 Å². The lowest BCUT2D eigenvalue weighted by Gasteiger charge is -2.17. The molecule has 0 fully saturated rings. The minimum absolute atomic E-state index is 0.110. The van der Waals surface area contributed by atoms with E-state index in [-0.39, 0.29) is 18.5 Å². The predicted octanol–water partition coefficient (Wildman–Crippen LogP) is 5.98. The third kappa shape index (κ3) is 6.86.